The Labute approximate surface area is 189 Å². The molecule has 0 atom stereocenters. The van der Waals surface area contributed by atoms with Gasteiger partial charge in [-0.05, 0) is 49.6 Å². The lowest BCUT2D eigenvalue weighted by Crippen LogP contribution is -2.33. The highest BCUT2D eigenvalue weighted by atomic mass is 35.5. The van der Waals surface area contributed by atoms with Gasteiger partial charge in [0.2, 0.25) is 5.91 Å². The summed E-state index contributed by atoms with van der Waals surface area (Å²) >= 11 is 6.12. The number of amides is 1. The fraction of sp³-hybridized carbons (Fsp3) is 0.261. The van der Waals surface area contributed by atoms with E-state index in [9.17, 15) is 14.0 Å². The fourth-order valence-electron chi connectivity index (χ4n) is 3.41. The van der Waals surface area contributed by atoms with Crippen LogP contribution in [0.3, 0.4) is 0 Å². The molecule has 32 heavy (non-hydrogen) atoms. The molecule has 0 bridgehead atoms. The average molecular weight is 454 g/mol. The number of benzene rings is 1. The van der Waals surface area contributed by atoms with Crippen LogP contribution >= 0.6 is 11.6 Å². The van der Waals surface area contributed by atoms with E-state index < -0.39 is 11.2 Å². The number of aromatic nitrogens is 3. The number of ketones is 1. The molecule has 9 heteroatoms. The molecule has 1 aliphatic rings. The molecule has 0 unspecified atom stereocenters. The molecule has 1 aromatic carbocycles. The summed E-state index contributed by atoms with van der Waals surface area (Å²) in [5.41, 5.74) is 1.85. The first-order valence-electron chi connectivity index (χ1n) is 10.1. The van der Waals surface area contributed by atoms with Crippen LogP contribution in [0.25, 0.3) is 0 Å². The number of hydrogen-bond donors (Lipinski definition) is 2. The minimum atomic E-state index is -0.672. The van der Waals surface area contributed by atoms with Gasteiger partial charge in [-0.25, -0.2) is 14.4 Å². The van der Waals surface area contributed by atoms with E-state index in [0.717, 1.165) is 5.56 Å². The first-order chi connectivity index (χ1) is 15.4. The van der Waals surface area contributed by atoms with Crippen molar-refractivity contribution in [2.24, 2.45) is 5.41 Å². The summed E-state index contributed by atoms with van der Waals surface area (Å²) in [5, 5.41) is 6.08. The molecule has 4 rings (SSSR count). The second kappa shape index (κ2) is 9.00. The molecule has 1 saturated carbocycles. The van der Waals surface area contributed by atoms with Crippen molar-refractivity contribution in [3.8, 4) is 0 Å². The number of nitrogens with one attached hydrogen (secondary N) is 2. The van der Waals surface area contributed by atoms with Crippen molar-refractivity contribution in [2.45, 2.75) is 32.7 Å². The maximum Gasteiger partial charge on any atom is 0.226 e. The van der Waals surface area contributed by atoms with Crippen molar-refractivity contribution in [3.63, 3.8) is 0 Å². The van der Waals surface area contributed by atoms with Crippen LogP contribution in [0.5, 0.6) is 0 Å². The Morgan fingerprint density at radius 2 is 1.91 bits per heavy atom. The van der Waals surface area contributed by atoms with E-state index in [1.807, 2.05) is 0 Å². The number of carbonyl (C=O) groups excluding carboxylic acids is 2. The molecule has 3 aromatic rings. The minimum Gasteiger partial charge on any atom is -0.351 e. The van der Waals surface area contributed by atoms with Crippen molar-refractivity contribution in [1.29, 1.82) is 0 Å². The molecule has 0 radical (unpaired) electrons. The van der Waals surface area contributed by atoms with Crippen molar-refractivity contribution in [2.75, 3.05) is 5.32 Å². The van der Waals surface area contributed by atoms with Crippen molar-refractivity contribution < 1.29 is 14.0 Å². The lowest BCUT2D eigenvalue weighted by atomic mass is 9.96. The van der Waals surface area contributed by atoms with Crippen molar-refractivity contribution >= 4 is 34.7 Å². The van der Waals surface area contributed by atoms with E-state index in [4.69, 9.17) is 11.6 Å². The number of Topliss-reactive ketones (excluding diaryl/α,β-unsaturated/α-hetero) is 1. The van der Waals surface area contributed by atoms with E-state index >= 15 is 0 Å². The second-order valence-corrected chi connectivity index (χ2v) is 8.36. The zero-order chi connectivity index (χ0) is 22.7. The smallest absolute Gasteiger partial charge is 0.226 e. The zero-order valence-corrected chi connectivity index (χ0v) is 18.1. The normalized spacial score (nSPS) is 14.0. The van der Waals surface area contributed by atoms with Crippen molar-refractivity contribution in [1.82, 2.24) is 20.3 Å². The predicted octanol–water partition coefficient (Wildman–Crippen LogP) is 4.39. The van der Waals surface area contributed by atoms with Crippen LogP contribution < -0.4 is 10.6 Å². The van der Waals surface area contributed by atoms with E-state index in [2.05, 4.69) is 25.6 Å². The Bertz CT molecular complexity index is 1130. The molecule has 0 spiro atoms. The van der Waals surface area contributed by atoms with Gasteiger partial charge in [-0.1, -0.05) is 11.6 Å². The van der Waals surface area contributed by atoms with Gasteiger partial charge >= 0.3 is 0 Å². The minimum absolute atomic E-state index is 0.130. The van der Waals surface area contributed by atoms with Gasteiger partial charge in [0.1, 0.15) is 12.1 Å². The number of pyridine rings is 1. The van der Waals surface area contributed by atoms with Crippen LogP contribution in [-0.2, 0) is 11.3 Å². The third-order valence-electron chi connectivity index (χ3n) is 5.43. The standard InChI is InChI=1S/C23H21ClFN5O2/c1-14-6-18(24)21(19(25)7-14)30-17-3-2-16(28-12-17)11-29-22(32)23(4-5-23)8-20(31)15-9-26-13-27-10-15/h2-3,6-7,9-10,12-13,30H,4-5,8,11H2,1H3,(H,29,32). The summed E-state index contributed by atoms with van der Waals surface area (Å²) in [4.78, 5) is 37.1. The molecular formula is C23H21ClFN5O2. The maximum atomic E-state index is 14.2. The number of anilines is 2. The topological polar surface area (TPSA) is 96.9 Å². The highest BCUT2D eigenvalue weighted by molar-refractivity contribution is 6.33. The summed E-state index contributed by atoms with van der Waals surface area (Å²) in [6.45, 7) is 1.99. The van der Waals surface area contributed by atoms with Gasteiger partial charge in [-0.3, -0.25) is 14.6 Å². The summed E-state index contributed by atoms with van der Waals surface area (Å²) in [5.74, 6) is -0.758. The second-order valence-electron chi connectivity index (χ2n) is 7.96. The molecule has 2 aromatic heterocycles. The van der Waals surface area contributed by atoms with Gasteiger partial charge in [0.15, 0.2) is 5.78 Å². The molecule has 0 aliphatic heterocycles. The van der Waals surface area contributed by atoms with Crippen LogP contribution in [0.4, 0.5) is 15.8 Å². The van der Waals surface area contributed by atoms with Crippen LogP contribution in [0.1, 0.15) is 40.9 Å². The summed E-state index contributed by atoms with van der Waals surface area (Å²) < 4.78 is 14.2. The van der Waals surface area contributed by atoms with E-state index in [1.165, 1.54) is 24.8 Å². The summed E-state index contributed by atoms with van der Waals surface area (Å²) in [6, 6.07) is 6.53. The van der Waals surface area contributed by atoms with Gasteiger partial charge in [-0.2, -0.15) is 0 Å². The Kier molecular flexibility index (Phi) is 6.14. The highest BCUT2D eigenvalue weighted by Crippen LogP contribution is 2.49. The number of rotatable bonds is 8. The van der Waals surface area contributed by atoms with E-state index in [0.29, 0.717) is 29.8 Å². The fourth-order valence-corrected chi connectivity index (χ4v) is 3.72. The molecule has 7 nitrogen and oxygen atoms in total. The molecule has 1 aliphatic carbocycles. The molecular weight excluding hydrogens is 433 g/mol. The quantitative estimate of drug-likeness (QED) is 0.491. The molecule has 0 saturated heterocycles. The molecule has 1 amide bonds. The average Bonchev–Trinajstić information content (AvgIpc) is 3.56. The Hall–Kier alpha value is -3.39. The highest BCUT2D eigenvalue weighted by Gasteiger charge is 2.51. The van der Waals surface area contributed by atoms with Crippen LogP contribution in [0.15, 0.2) is 49.2 Å². The third kappa shape index (κ3) is 4.91. The summed E-state index contributed by atoms with van der Waals surface area (Å²) in [6.07, 6.45) is 7.27. The largest absolute Gasteiger partial charge is 0.351 e. The van der Waals surface area contributed by atoms with Crippen LogP contribution in [-0.4, -0.2) is 26.6 Å². The number of hydrogen-bond acceptors (Lipinski definition) is 6. The zero-order valence-electron chi connectivity index (χ0n) is 17.4. The lowest BCUT2D eigenvalue weighted by Gasteiger charge is -2.15. The van der Waals surface area contributed by atoms with E-state index in [1.54, 1.807) is 31.3 Å². The van der Waals surface area contributed by atoms with Crippen molar-refractivity contribution in [3.05, 3.63) is 76.8 Å². The first-order valence-corrected chi connectivity index (χ1v) is 10.5. The number of aryl methyl sites for hydroxylation is 1. The van der Waals surface area contributed by atoms with E-state index in [-0.39, 0.29) is 35.4 Å². The number of nitrogens with zero attached hydrogens (tertiary/aromatic N) is 3. The molecule has 2 N–H and O–H groups in total. The van der Waals surface area contributed by atoms with Gasteiger partial charge in [0.25, 0.3) is 0 Å². The lowest BCUT2D eigenvalue weighted by molar-refractivity contribution is -0.126. The van der Waals surface area contributed by atoms with Gasteiger partial charge in [0.05, 0.1) is 45.8 Å². The summed E-state index contributed by atoms with van der Waals surface area (Å²) in [7, 11) is 0. The predicted molar refractivity (Wildman–Crippen MR) is 118 cm³/mol. The Morgan fingerprint density at radius 3 is 2.53 bits per heavy atom. The van der Waals surface area contributed by atoms with Gasteiger partial charge < -0.3 is 10.6 Å². The Balaban J connectivity index is 1.33. The number of halogens is 2. The molecule has 164 valence electrons. The number of carbonyl (C=O) groups is 2. The van der Waals surface area contributed by atoms with Crippen LogP contribution in [0.2, 0.25) is 5.02 Å². The molecule has 2 heterocycles. The Morgan fingerprint density at radius 1 is 1.16 bits per heavy atom. The monoisotopic (exact) mass is 453 g/mol. The SMILES string of the molecule is Cc1cc(F)c(Nc2ccc(CNC(=O)C3(CC(=O)c4cncnc4)CC3)nc2)c(Cl)c1. The first kappa shape index (κ1) is 21.8. The van der Waals surface area contributed by atoms with Crippen LogP contribution in [0, 0.1) is 18.2 Å². The van der Waals surface area contributed by atoms with Gasteiger partial charge in [0, 0.05) is 18.8 Å². The maximum absolute atomic E-state index is 14.2. The molecule has 1 fully saturated rings. The van der Waals surface area contributed by atoms with Gasteiger partial charge in [-0.15, -0.1) is 0 Å². The third-order valence-corrected chi connectivity index (χ3v) is 5.73.